The van der Waals surface area contributed by atoms with Crippen molar-refractivity contribution < 1.29 is 14.3 Å². The maximum atomic E-state index is 12.6. The molecule has 0 radical (unpaired) electrons. The number of likely N-dealkylation sites (N-methyl/N-ethyl adjacent to an activating group) is 1. The molecule has 1 amide bonds. The van der Waals surface area contributed by atoms with Crippen LogP contribution < -0.4 is 5.32 Å². The fourth-order valence-electron chi connectivity index (χ4n) is 2.87. The zero-order chi connectivity index (χ0) is 18.6. The van der Waals surface area contributed by atoms with Crippen molar-refractivity contribution in [3.05, 3.63) is 44.9 Å². The van der Waals surface area contributed by atoms with E-state index >= 15 is 0 Å². The zero-order valence-corrected chi connectivity index (χ0v) is 16.1. The van der Waals surface area contributed by atoms with Gasteiger partial charge < -0.3 is 19.9 Å². The number of H-pyrrole nitrogens is 1. The van der Waals surface area contributed by atoms with Crippen molar-refractivity contribution in [2.75, 3.05) is 27.7 Å². The quantitative estimate of drug-likeness (QED) is 0.742. The molecule has 136 valence electrons. The molecule has 1 atom stereocenters. The summed E-state index contributed by atoms with van der Waals surface area (Å²) in [6.45, 7) is 4.17. The second-order valence-corrected chi connectivity index (χ2v) is 6.85. The molecule has 1 unspecified atom stereocenters. The highest BCUT2D eigenvalue weighted by molar-refractivity contribution is 7.07. The first-order chi connectivity index (χ1) is 11.9. The molecule has 0 aliphatic carbocycles. The molecule has 0 fully saturated rings. The number of ether oxygens (including phenoxy) is 1. The number of aromatic nitrogens is 1. The van der Waals surface area contributed by atoms with Crippen molar-refractivity contribution in [2.24, 2.45) is 0 Å². The summed E-state index contributed by atoms with van der Waals surface area (Å²) in [7, 11) is 5.31. The summed E-state index contributed by atoms with van der Waals surface area (Å²) in [6.07, 6.45) is 0.619. The molecule has 0 aliphatic rings. The van der Waals surface area contributed by atoms with Crippen molar-refractivity contribution in [3.63, 3.8) is 0 Å². The molecule has 0 saturated heterocycles. The number of methoxy groups -OCH3 is 1. The number of aryl methyl sites for hydroxylation is 1. The zero-order valence-electron chi connectivity index (χ0n) is 15.3. The third-order valence-corrected chi connectivity index (χ3v) is 5.01. The highest BCUT2D eigenvalue weighted by Gasteiger charge is 2.24. The molecule has 0 saturated carbocycles. The summed E-state index contributed by atoms with van der Waals surface area (Å²) >= 11 is 1.64. The predicted octanol–water partition coefficient (Wildman–Crippen LogP) is 2.77. The minimum Gasteiger partial charge on any atom is -0.465 e. The van der Waals surface area contributed by atoms with Gasteiger partial charge in [-0.05, 0) is 55.4 Å². The Morgan fingerprint density at radius 2 is 2.12 bits per heavy atom. The van der Waals surface area contributed by atoms with Crippen molar-refractivity contribution in [3.8, 4) is 0 Å². The van der Waals surface area contributed by atoms with Gasteiger partial charge in [-0.3, -0.25) is 4.79 Å². The Balaban J connectivity index is 2.18. The van der Waals surface area contributed by atoms with Gasteiger partial charge in [0, 0.05) is 12.2 Å². The average molecular weight is 363 g/mol. The van der Waals surface area contributed by atoms with E-state index in [-0.39, 0.29) is 11.9 Å². The van der Waals surface area contributed by atoms with Gasteiger partial charge in [0.2, 0.25) is 0 Å². The highest BCUT2D eigenvalue weighted by atomic mass is 32.1. The summed E-state index contributed by atoms with van der Waals surface area (Å²) in [5.74, 6) is -0.640. The van der Waals surface area contributed by atoms with Gasteiger partial charge in [-0.15, -0.1) is 0 Å². The molecule has 2 aromatic heterocycles. The molecular formula is C18H25N3O3S. The summed E-state index contributed by atoms with van der Waals surface area (Å²) < 4.78 is 4.84. The molecule has 25 heavy (non-hydrogen) atoms. The smallest absolute Gasteiger partial charge is 0.339 e. The average Bonchev–Trinajstić information content (AvgIpc) is 3.21. The molecule has 0 aromatic carbocycles. The molecule has 6 nitrogen and oxygen atoms in total. The van der Waals surface area contributed by atoms with Crippen LogP contribution in [0, 0.1) is 6.92 Å². The summed E-state index contributed by atoms with van der Waals surface area (Å²) in [6, 6.07) is 2.16. The number of hydrogen-bond donors (Lipinski definition) is 2. The molecule has 2 heterocycles. The van der Waals surface area contributed by atoms with Crippen molar-refractivity contribution in [1.82, 2.24) is 15.2 Å². The molecular weight excluding hydrogens is 338 g/mol. The van der Waals surface area contributed by atoms with Crippen LogP contribution in [-0.4, -0.2) is 49.5 Å². The molecule has 2 N–H and O–H groups in total. The van der Waals surface area contributed by atoms with Gasteiger partial charge in [0.15, 0.2) is 0 Å². The maximum Gasteiger partial charge on any atom is 0.339 e. The van der Waals surface area contributed by atoms with Crippen LogP contribution >= 0.6 is 11.3 Å². The van der Waals surface area contributed by atoms with Crippen LogP contribution in [0.15, 0.2) is 16.8 Å². The number of nitrogens with zero attached hydrogens (tertiary/aromatic N) is 1. The SMILES string of the molecule is CCc1[nH]c(C(=O)NCC(c2ccsc2)N(C)C)c(C)c1C(=O)OC. The Bertz CT molecular complexity index is 735. The molecule has 2 aromatic rings. The van der Waals surface area contributed by atoms with E-state index in [9.17, 15) is 9.59 Å². The van der Waals surface area contributed by atoms with Gasteiger partial charge in [-0.2, -0.15) is 11.3 Å². The summed E-state index contributed by atoms with van der Waals surface area (Å²) in [5.41, 5.74) is 3.38. The lowest BCUT2D eigenvalue weighted by Crippen LogP contribution is -2.34. The third-order valence-electron chi connectivity index (χ3n) is 4.31. The van der Waals surface area contributed by atoms with E-state index < -0.39 is 5.97 Å². The number of amides is 1. The second-order valence-electron chi connectivity index (χ2n) is 6.07. The van der Waals surface area contributed by atoms with Crippen LogP contribution in [0.1, 0.15) is 50.6 Å². The number of carbonyl (C=O) groups is 2. The molecule has 0 bridgehead atoms. The normalized spacial score (nSPS) is 12.2. The van der Waals surface area contributed by atoms with Crippen molar-refractivity contribution >= 4 is 23.2 Å². The first kappa shape index (κ1) is 19.2. The van der Waals surface area contributed by atoms with Crippen LogP contribution in [0.4, 0.5) is 0 Å². The van der Waals surface area contributed by atoms with Crippen LogP contribution in [0.25, 0.3) is 0 Å². The predicted molar refractivity (Wildman–Crippen MR) is 99.3 cm³/mol. The lowest BCUT2D eigenvalue weighted by molar-refractivity contribution is 0.0599. The van der Waals surface area contributed by atoms with E-state index in [1.165, 1.54) is 12.7 Å². The minimum atomic E-state index is -0.422. The maximum absolute atomic E-state index is 12.6. The summed E-state index contributed by atoms with van der Waals surface area (Å²) in [5, 5.41) is 7.08. The molecule has 0 aliphatic heterocycles. The van der Waals surface area contributed by atoms with E-state index in [1.807, 2.05) is 26.4 Å². The van der Waals surface area contributed by atoms with Crippen LogP contribution in [-0.2, 0) is 11.2 Å². The monoisotopic (exact) mass is 363 g/mol. The highest BCUT2D eigenvalue weighted by Crippen LogP contribution is 2.22. The van der Waals surface area contributed by atoms with Gasteiger partial charge in [0.05, 0.1) is 18.7 Å². The number of carbonyl (C=O) groups excluding carboxylic acids is 2. The second kappa shape index (κ2) is 8.31. The van der Waals surface area contributed by atoms with Gasteiger partial charge in [0.1, 0.15) is 5.69 Å². The van der Waals surface area contributed by atoms with Gasteiger partial charge in [-0.1, -0.05) is 6.92 Å². The lowest BCUT2D eigenvalue weighted by atomic mass is 10.1. The number of aromatic amines is 1. The van der Waals surface area contributed by atoms with E-state index in [0.717, 1.165) is 5.69 Å². The van der Waals surface area contributed by atoms with Gasteiger partial charge in [-0.25, -0.2) is 4.79 Å². The fourth-order valence-corrected chi connectivity index (χ4v) is 3.58. The minimum absolute atomic E-state index is 0.0937. The Labute approximate surface area is 152 Å². The molecule has 2 rings (SSSR count). The van der Waals surface area contributed by atoms with Gasteiger partial charge >= 0.3 is 5.97 Å². The largest absolute Gasteiger partial charge is 0.465 e. The van der Waals surface area contributed by atoms with E-state index in [0.29, 0.717) is 29.8 Å². The first-order valence-corrected chi connectivity index (χ1v) is 9.11. The number of nitrogens with one attached hydrogen (secondary N) is 2. The Morgan fingerprint density at radius 3 is 2.64 bits per heavy atom. The number of rotatable bonds is 7. The molecule has 0 spiro atoms. The number of hydrogen-bond acceptors (Lipinski definition) is 5. The third kappa shape index (κ3) is 4.11. The standard InChI is InChI=1S/C18H25N3O3S/c1-6-13-15(18(23)24-5)11(2)16(20-13)17(22)19-9-14(21(3)4)12-7-8-25-10-12/h7-8,10,14,20H,6,9H2,1-5H3,(H,19,22). The van der Waals surface area contributed by atoms with Crippen molar-refractivity contribution in [2.45, 2.75) is 26.3 Å². The van der Waals surface area contributed by atoms with Crippen molar-refractivity contribution in [1.29, 1.82) is 0 Å². The van der Waals surface area contributed by atoms with Gasteiger partial charge in [0.25, 0.3) is 5.91 Å². The van der Waals surface area contributed by atoms with Crippen LogP contribution in [0.2, 0.25) is 0 Å². The Morgan fingerprint density at radius 1 is 1.40 bits per heavy atom. The molecule has 7 heteroatoms. The van der Waals surface area contributed by atoms with Crippen LogP contribution in [0.3, 0.4) is 0 Å². The summed E-state index contributed by atoms with van der Waals surface area (Å²) in [4.78, 5) is 29.8. The number of esters is 1. The van der Waals surface area contributed by atoms with E-state index in [2.05, 4.69) is 26.6 Å². The Kier molecular flexibility index (Phi) is 6.39. The van der Waals surface area contributed by atoms with E-state index in [4.69, 9.17) is 4.74 Å². The van der Waals surface area contributed by atoms with E-state index in [1.54, 1.807) is 18.3 Å². The first-order valence-electron chi connectivity index (χ1n) is 8.17. The lowest BCUT2D eigenvalue weighted by Gasteiger charge is -2.24. The number of thiophene rings is 1. The Hall–Kier alpha value is -2.12. The van der Waals surface area contributed by atoms with Crippen LogP contribution in [0.5, 0.6) is 0 Å². The topological polar surface area (TPSA) is 74.4 Å². The fraction of sp³-hybridized carbons (Fsp3) is 0.444.